The summed E-state index contributed by atoms with van der Waals surface area (Å²) < 4.78 is 5.21. The van der Waals surface area contributed by atoms with Crippen molar-refractivity contribution in [1.82, 2.24) is 15.5 Å². The van der Waals surface area contributed by atoms with Gasteiger partial charge >= 0.3 is 0 Å². The molecule has 1 fully saturated rings. The normalized spacial score (nSPS) is 14.6. The minimum Gasteiger partial charge on any atom is -0.497 e. The fourth-order valence-corrected chi connectivity index (χ4v) is 3.70. The summed E-state index contributed by atoms with van der Waals surface area (Å²) in [7, 11) is 1.66. The first-order chi connectivity index (χ1) is 14.2. The molecule has 0 unspecified atom stereocenters. The van der Waals surface area contributed by atoms with Gasteiger partial charge in [-0.15, -0.1) is 0 Å². The zero-order valence-electron chi connectivity index (χ0n) is 16.6. The fourth-order valence-electron chi connectivity index (χ4n) is 3.70. The summed E-state index contributed by atoms with van der Waals surface area (Å²) in [6.45, 7) is 1.76. The molecule has 0 aliphatic carbocycles. The molecule has 0 saturated carbocycles. The lowest BCUT2D eigenvalue weighted by atomic mass is 10.0. The van der Waals surface area contributed by atoms with E-state index < -0.39 is 0 Å². The topological polar surface area (TPSA) is 70.2 Å². The van der Waals surface area contributed by atoms with E-state index in [-0.39, 0.29) is 11.9 Å². The van der Waals surface area contributed by atoms with Crippen LogP contribution in [-0.2, 0) is 11.2 Å². The highest BCUT2D eigenvalue weighted by atomic mass is 16.5. The van der Waals surface area contributed by atoms with Gasteiger partial charge in [0, 0.05) is 25.2 Å². The van der Waals surface area contributed by atoms with Gasteiger partial charge in [-0.2, -0.15) is 5.10 Å². The third-order valence-corrected chi connectivity index (χ3v) is 5.36. The van der Waals surface area contributed by atoms with E-state index in [0.717, 1.165) is 54.3 Å². The van der Waals surface area contributed by atoms with Gasteiger partial charge in [0.2, 0.25) is 5.91 Å². The Bertz CT molecular complexity index is 929. The first kappa shape index (κ1) is 19.1. The number of H-pyrrole nitrogens is 1. The van der Waals surface area contributed by atoms with E-state index >= 15 is 0 Å². The highest BCUT2D eigenvalue weighted by molar-refractivity contribution is 5.78. The lowest BCUT2D eigenvalue weighted by molar-refractivity contribution is -0.121. The monoisotopic (exact) mass is 390 g/mol. The lowest BCUT2D eigenvalue weighted by Crippen LogP contribution is -2.45. The van der Waals surface area contributed by atoms with Gasteiger partial charge in [-0.25, -0.2) is 0 Å². The van der Waals surface area contributed by atoms with Crippen molar-refractivity contribution >= 4 is 11.7 Å². The molecular formula is C23H26N4O2. The van der Waals surface area contributed by atoms with Crippen LogP contribution in [0.15, 0.2) is 60.7 Å². The average Bonchev–Trinajstić information content (AvgIpc) is 3.25. The molecule has 1 aromatic heterocycles. The number of nitrogens with zero attached hydrogens (tertiary/aromatic N) is 2. The number of carbonyl (C=O) groups is 1. The number of amides is 1. The first-order valence-corrected chi connectivity index (χ1v) is 9.99. The third kappa shape index (κ3) is 4.77. The number of aromatic amines is 1. The number of hydrogen-bond acceptors (Lipinski definition) is 4. The molecule has 4 rings (SSSR count). The molecule has 3 aromatic rings. The number of methoxy groups -OCH3 is 1. The molecule has 2 aromatic carbocycles. The van der Waals surface area contributed by atoms with Crippen molar-refractivity contribution in [1.29, 1.82) is 0 Å². The van der Waals surface area contributed by atoms with E-state index in [1.54, 1.807) is 7.11 Å². The molecule has 0 spiro atoms. The van der Waals surface area contributed by atoms with Crippen LogP contribution in [0.25, 0.3) is 11.3 Å². The van der Waals surface area contributed by atoms with Crippen LogP contribution in [0.3, 0.4) is 0 Å². The predicted molar refractivity (Wildman–Crippen MR) is 114 cm³/mol. The van der Waals surface area contributed by atoms with E-state index in [1.165, 1.54) is 0 Å². The Morgan fingerprint density at radius 3 is 2.55 bits per heavy atom. The van der Waals surface area contributed by atoms with E-state index in [1.807, 2.05) is 54.6 Å². The highest BCUT2D eigenvalue weighted by Crippen LogP contribution is 2.25. The van der Waals surface area contributed by atoms with Crippen LogP contribution < -0.4 is 15.0 Å². The highest BCUT2D eigenvalue weighted by Gasteiger charge is 2.22. The lowest BCUT2D eigenvalue weighted by Gasteiger charge is -2.32. The van der Waals surface area contributed by atoms with Crippen molar-refractivity contribution < 1.29 is 9.53 Å². The van der Waals surface area contributed by atoms with Gasteiger partial charge in [-0.05, 0) is 48.2 Å². The molecule has 6 nitrogen and oxygen atoms in total. The van der Waals surface area contributed by atoms with Gasteiger partial charge in [0.1, 0.15) is 5.75 Å². The number of carbonyl (C=O) groups excluding carboxylic acids is 1. The molecule has 1 saturated heterocycles. The molecule has 150 valence electrons. The van der Waals surface area contributed by atoms with Crippen molar-refractivity contribution in [2.75, 3.05) is 25.1 Å². The zero-order valence-corrected chi connectivity index (χ0v) is 16.6. The Morgan fingerprint density at radius 1 is 1.14 bits per heavy atom. The van der Waals surface area contributed by atoms with Gasteiger partial charge in [0.05, 0.1) is 19.2 Å². The van der Waals surface area contributed by atoms with Crippen molar-refractivity contribution in [2.24, 2.45) is 0 Å². The summed E-state index contributed by atoms with van der Waals surface area (Å²) in [5.41, 5.74) is 3.11. The summed E-state index contributed by atoms with van der Waals surface area (Å²) in [5.74, 6) is 1.88. The molecule has 6 heteroatoms. The molecule has 2 N–H and O–H groups in total. The Kier molecular flexibility index (Phi) is 5.79. The smallest absolute Gasteiger partial charge is 0.224 e. The second kappa shape index (κ2) is 8.82. The second-order valence-electron chi connectivity index (χ2n) is 7.36. The molecular weight excluding hydrogens is 364 g/mol. The molecule has 0 atom stereocenters. The van der Waals surface area contributed by atoms with Crippen molar-refractivity contribution in [3.8, 4) is 17.0 Å². The first-order valence-electron chi connectivity index (χ1n) is 9.99. The SMILES string of the molecule is COc1ccc(-c2cc(N3CCC(NC(=O)Cc4ccccc4)CC3)n[nH]2)cc1. The standard InChI is InChI=1S/C23H26N4O2/c1-29-20-9-7-18(8-10-20)21-16-22(26-25-21)27-13-11-19(12-14-27)24-23(28)15-17-5-3-2-4-6-17/h2-10,16,19H,11-15H2,1H3,(H,24,28)(H,25,26). The molecule has 1 aliphatic heterocycles. The number of hydrogen-bond donors (Lipinski definition) is 2. The predicted octanol–water partition coefficient (Wildman–Crippen LogP) is 3.41. The number of anilines is 1. The Balaban J connectivity index is 1.29. The van der Waals surface area contributed by atoms with Crippen molar-refractivity contribution in [2.45, 2.75) is 25.3 Å². The minimum atomic E-state index is 0.0937. The number of piperidine rings is 1. The number of benzene rings is 2. The van der Waals surface area contributed by atoms with Crippen LogP contribution in [0.5, 0.6) is 5.75 Å². The number of aromatic nitrogens is 2. The van der Waals surface area contributed by atoms with Crippen molar-refractivity contribution in [3.05, 3.63) is 66.2 Å². The fraction of sp³-hybridized carbons (Fsp3) is 0.304. The molecule has 1 amide bonds. The Hall–Kier alpha value is -3.28. The Labute approximate surface area is 170 Å². The minimum absolute atomic E-state index is 0.0937. The van der Waals surface area contributed by atoms with Crippen LogP contribution >= 0.6 is 0 Å². The van der Waals surface area contributed by atoms with Gasteiger partial charge in [-0.3, -0.25) is 9.89 Å². The van der Waals surface area contributed by atoms with Crippen LogP contribution in [0.2, 0.25) is 0 Å². The van der Waals surface area contributed by atoms with Gasteiger partial charge < -0.3 is 15.0 Å². The zero-order chi connectivity index (χ0) is 20.1. The summed E-state index contributed by atoms with van der Waals surface area (Å²) in [6.07, 6.45) is 2.28. The summed E-state index contributed by atoms with van der Waals surface area (Å²) in [4.78, 5) is 14.6. The molecule has 1 aliphatic rings. The molecule has 0 bridgehead atoms. The molecule has 2 heterocycles. The van der Waals surface area contributed by atoms with E-state index in [0.29, 0.717) is 6.42 Å². The quantitative estimate of drug-likeness (QED) is 0.677. The number of rotatable bonds is 6. The number of ether oxygens (including phenoxy) is 1. The average molecular weight is 390 g/mol. The third-order valence-electron chi connectivity index (χ3n) is 5.36. The second-order valence-corrected chi connectivity index (χ2v) is 7.36. The number of nitrogens with one attached hydrogen (secondary N) is 2. The summed E-state index contributed by atoms with van der Waals surface area (Å²) >= 11 is 0. The largest absolute Gasteiger partial charge is 0.497 e. The van der Waals surface area contributed by atoms with E-state index in [9.17, 15) is 4.79 Å². The van der Waals surface area contributed by atoms with Gasteiger partial charge in [0.25, 0.3) is 0 Å². The summed E-state index contributed by atoms with van der Waals surface area (Å²) in [6, 6.07) is 20.1. The van der Waals surface area contributed by atoms with E-state index in [4.69, 9.17) is 4.74 Å². The van der Waals surface area contributed by atoms with Crippen LogP contribution in [0.4, 0.5) is 5.82 Å². The molecule has 29 heavy (non-hydrogen) atoms. The maximum Gasteiger partial charge on any atom is 0.224 e. The van der Waals surface area contributed by atoms with Crippen LogP contribution in [-0.4, -0.2) is 42.3 Å². The summed E-state index contributed by atoms with van der Waals surface area (Å²) in [5, 5.41) is 10.8. The van der Waals surface area contributed by atoms with Gasteiger partial charge in [0.15, 0.2) is 5.82 Å². The van der Waals surface area contributed by atoms with Crippen molar-refractivity contribution in [3.63, 3.8) is 0 Å². The van der Waals surface area contributed by atoms with Gasteiger partial charge in [-0.1, -0.05) is 30.3 Å². The Morgan fingerprint density at radius 2 is 1.86 bits per heavy atom. The van der Waals surface area contributed by atoms with E-state index in [2.05, 4.69) is 26.5 Å². The van der Waals surface area contributed by atoms with Crippen LogP contribution in [0, 0.1) is 0 Å². The maximum atomic E-state index is 12.3. The molecule has 0 radical (unpaired) electrons. The maximum absolute atomic E-state index is 12.3. The van der Waals surface area contributed by atoms with Crippen LogP contribution in [0.1, 0.15) is 18.4 Å².